The Bertz CT molecular complexity index is 1400. The summed E-state index contributed by atoms with van der Waals surface area (Å²) >= 11 is 6.18. The molecule has 0 bridgehead atoms. The molecule has 6 nitrogen and oxygen atoms in total. The number of halogens is 1. The number of aryl methyl sites for hydroxylation is 2. The number of carbonyl (C=O) groups is 1. The van der Waals surface area contributed by atoms with E-state index < -0.39 is 17.7 Å². The van der Waals surface area contributed by atoms with Gasteiger partial charge in [-0.2, -0.15) is 0 Å². The van der Waals surface area contributed by atoms with Gasteiger partial charge in [-0.3, -0.25) is 0 Å². The van der Waals surface area contributed by atoms with Crippen molar-refractivity contribution in [1.29, 1.82) is 0 Å². The Kier molecular flexibility index (Phi) is 6.71. The average Bonchev–Trinajstić information content (AvgIpc) is 3.17. The van der Waals surface area contributed by atoms with Crippen molar-refractivity contribution in [2.24, 2.45) is 0 Å². The van der Waals surface area contributed by atoms with E-state index in [1.165, 1.54) is 0 Å². The average molecular weight is 492 g/mol. The number of hydrogen-bond acceptors (Lipinski definition) is 4. The topological polar surface area (TPSA) is 77.2 Å². The second-order valence-corrected chi connectivity index (χ2v) is 10.0. The van der Waals surface area contributed by atoms with E-state index >= 15 is 0 Å². The molecular formula is C28H30ClN3O3. The van der Waals surface area contributed by atoms with E-state index in [2.05, 4.69) is 11.5 Å². The van der Waals surface area contributed by atoms with E-state index in [1.807, 2.05) is 71.0 Å². The van der Waals surface area contributed by atoms with Crippen molar-refractivity contribution in [3.63, 3.8) is 0 Å². The van der Waals surface area contributed by atoms with Crippen LogP contribution in [0.15, 0.2) is 48.5 Å². The molecule has 2 heterocycles. The molecule has 2 aromatic heterocycles. The molecular weight excluding hydrogens is 462 g/mol. The predicted molar refractivity (Wildman–Crippen MR) is 140 cm³/mol. The summed E-state index contributed by atoms with van der Waals surface area (Å²) in [5, 5.41) is 10.8. The number of carboxylic acids is 1. The number of nitrogens with zero attached hydrogens (tertiary/aromatic N) is 3. The van der Waals surface area contributed by atoms with E-state index in [-0.39, 0.29) is 0 Å². The highest BCUT2D eigenvalue weighted by atomic mass is 35.5. The summed E-state index contributed by atoms with van der Waals surface area (Å²) in [6, 6.07) is 15.4. The first-order valence-electron chi connectivity index (χ1n) is 11.6. The Hall–Kier alpha value is -3.22. The highest BCUT2D eigenvalue weighted by Gasteiger charge is 2.33. The Morgan fingerprint density at radius 3 is 2.34 bits per heavy atom. The predicted octanol–water partition coefficient (Wildman–Crippen LogP) is 7.00. The molecule has 2 aromatic carbocycles. The highest BCUT2D eigenvalue weighted by molar-refractivity contribution is 6.30. The van der Waals surface area contributed by atoms with Crippen molar-refractivity contribution < 1.29 is 14.6 Å². The first kappa shape index (κ1) is 24.9. The first-order chi connectivity index (χ1) is 16.5. The SMILES string of the molecule is CCn1c(-c2nc(C)c([C@H](OC(C)(C)C)C(=O)O)c(-c3ccc(Cl)cc3)c2C)nc2ccccc21. The van der Waals surface area contributed by atoms with Crippen molar-refractivity contribution in [2.75, 3.05) is 0 Å². The van der Waals surface area contributed by atoms with Gasteiger partial charge in [-0.25, -0.2) is 14.8 Å². The number of ether oxygens (including phenoxy) is 1. The number of rotatable bonds is 6. The van der Waals surface area contributed by atoms with Crippen LogP contribution in [-0.2, 0) is 16.1 Å². The minimum Gasteiger partial charge on any atom is -0.479 e. The maximum Gasteiger partial charge on any atom is 0.337 e. The van der Waals surface area contributed by atoms with Crippen LogP contribution in [0.25, 0.3) is 33.7 Å². The van der Waals surface area contributed by atoms with Crippen LogP contribution in [-0.4, -0.2) is 31.2 Å². The molecule has 0 amide bonds. The zero-order valence-corrected chi connectivity index (χ0v) is 21.6. The van der Waals surface area contributed by atoms with Crippen LogP contribution in [0, 0.1) is 13.8 Å². The highest BCUT2D eigenvalue weighted by Crippen LogP contribution is 2.41. The fraction of sp³-hybridized carbons (Fsp3) is 0.321. The van der Waals surface area contributed by atoms with E-state index in [9.17, 15) is 9.90 Å². The van der Waals surface area contributed by atoms with Crippen LogP contribution in [0.4, 0.5) is 0 Å². The zero-order valence-electron chi connectivity index (χ0n) is 20.9. The number of para-hydroxylation sites is 2. The van der Waals surface area contributed by atoms with Gasteiger partial charge in [0.05, 0.1) is 16.6 Å². The lowest BCUT2D eigenvalue weighted by atomic mass is 9.89. The Labute approximate surface area is 210 Å². The molecule has 182 valence electrons. The van der Waals surface area contributed by atoms with Gasteiger partial charge >= 0.3 is 5.97 Å². The molecule has 0 spiro atoms. The largest absolute Gasteiger partial charge is 0.479 e. The molecule has 35 heavy (non-hydrogen) atoms. The van der Waals surface area contributed by atoms with Crippen molar-refractivity contribution in [3.8, 4) is 22.6 Å². The molecule has 4 aromatic rings. The standard InChI is InChI=1S/C28H30ClN3O3/c1-7-32-21-11-9-8-10-20(21)31-26(32)24-16(2)22(18-12-14-19(29)15-13-18)23(17(3)30-24)25(27(33)34)35-28(4,5)6/h8-15,25H,7H2,1-6H3,(H,33,34)/t25-/m0/s1. The number of aromatic nitrogens is 3. The minimum absolute atomic E-state index is 0.537. The molecule has 0 aliphatic carbocycles. The zero-order chi connectivity index (χ0) is 25.5. The van der Waals surface area contributed by atoms with Gasteiger partial charge < -0.3 is 14.4 Å². The molecule has 0 radical (unpaired) electrons. The van der Waals surface area contributed by atoms with Gasteiger partial charge in [0.25, 0.3) is 0 Å². The number of hydrogen-bond donors (Lipinski definition) is 1. The molecule has 0 unspecified atom stereocenters. The third-order valence-electron chi connectivity index (χ3n) is 5.94. The number of benzene rings is 2. The number of imidazole rings is 1. The number of fused-ring (bicyclic) bond motifs is 1. The van der Waals surface area contributed by atoms with Crippen LogP contribution in [0.1, 0.15) is 50.6 Å². The molecule has 1 N–H and O–H groups in total. The van der Waals surface area contributed by atoms with Crippen LogP contribution < -0.4 is 0 Å². The normalized spacial score (nSPS) is 12.8. The number of pyridine rings is 1. The van der Waals surface area contributed by atoms with Crippen molar-refractivity contribution >= 4 is 28.6 Å². The van der Waals surface area contributed by atoms with E-state index in [0.717, 1.165) is 40.1 Å². The van der Waals surface area contributed by atoms with Gasteiger partial charge in [0.1, 0.15) is 5.69 Å². The number of aliphatic carboxylic acids is 1. The Morgan fingerprint density at radius 2 is 1.74 bits per heavy atom. The van der Waals surface area contributed by atoms with E-state index in [1.54, 1.807) is 12.1 Å². The quantitative estimate of drug-likeness (QED) is 0.314. The molecule has 4 rings (SSSR count). The summed E-state index contributed by atoms with van der Waals surface area (Å²) in [6.45, 7) is 12.1. The third kappa shape index (κ3) is 4.81. The maximum atomic E-state index is 12.5. The van der Waals surface area contributed by atoms with E-state index in [0.29, 0.717) is 22.0 Å². The summed E-state index contributed by atoms with van der Waals surface area (Å²) < 4.78 is 8.19. The molecule has 0 fully saturated rings. The third-order valence-corrected chi connectivity index (χ3v) is 6.19. The first-order valence-corrected chi connectivity index (χ1v) is 12.0. The monoisotopic (exact) mass is 491 g/mol. The van der Waals surface area contributed by atoms with Gasteiger partial charge in [-0.05, 0) is 82.5 Å². The Morgan fingerprint density at radius 1 is 1.09 bits per heavy atom. The molecule has 0 saturated carbocycles. The molecule has 1 atom stereocenters. The van der Waals surface area contributed by atoms with Crippen molar-refractivity contribution in [2.45, 2.75) is 59.8 Å². The fourth-order valence-electron chi connectivity index (χ4n) is 4.50. The summed E-state index contributed by atoms with van der Waals surface area (Å²) in [4.78, 5) is 22.3. The molecule has 0 saturated heterocycles. The maximum absolute atomic E-state index is 12.5. The summed E-state index contributed by atoms with van der Waals surface area (Å²) in [6.07, 6.45) is -1.19. The Balaban J connectivity index is 2.06. The smallest absolute Gasteiger partial charge is 0.337 e. The fourth-order valence-corrected chi connectivity index (χ4v) is 4.63. The van der Waals surface area contributed by atoms with Crippen LogP contribution in [0.5, 0.6) is 0 Å². The van der Waals surface area contributed by atoms with E-state index in [4.69, 9.17) is 26.3 Å². The molecule has 0 aliphatic heterocycles. The number of carboxylic acid groups (broad SMARTS) is 1. The van der Waals surface area contributed by atoms with Gasteiger partial charge in [0.2, 0.25) is 0 Å². The molecule has 0 aliphatic rings. The minimum atomic E-state index is -1.19. The summed E-state index contributed by atoms with van der Waals surface area (Å²) in [5.41, 5.74) is 5.54. The van der Waals surface area contributed by atoms with Gasteiger partial charge in [-0.15, -0.1) is 0 Å². The summed E-state index contributed by atoms with van der Waals surface area (Å²) in [7, 11) is 0. The second kappa shape index (κ2) is 9.44. The van der Waals surface area contributed by atoms with Gasteiger partial charge in [-0.1, -0.05) is 35.9 Å². The molecule has 7 heteroatoms. The van der Waals surface area contributed by atoms with Crippen LogP contribution in [0.3, 0.4) is 0 Å². The van der Waals surface area contributed by atoms with Crippen molar-refractivity contribution in [1.82, 2.24) is 14.5 Å². The van der Waals surface area contributed by atoms with Crippen LogP contribution in [0.2, 0.25) is 5.02 Å². The van der Waals surface area contributed by atoms with Gasteiger partial charge in [0, 0.05) is 22.8 Å². The lowest BCUT2D eigenvalue weighted by molar-refractivity contribution is -0.160. The second-order valence-electron chi connectivity index (χ2n) is 9.58. The lowest BCUT2D eigenvalue weighted by Gasteiger charge is -2.28. The van der Waals surface area contributed by atoms with Crippen molar-refractivity contribution in [3.05, 3.63) is 70.4 Å². The van der Waals surface area contributed by atoms with Gasteiger partial charge in [0.15, 0.2) is 11.9 Å². The summed E-state index contributed by atoms with van der Waals surface area (Å²) in [5.74, 6) is -0.312. The lowest BCUT2D eigenvalue weighted by Crippen LogP contribution is -2.28. The van der Waals surface area contributed by atoms with Crippen LogP contribution >= 0.6 is 11.6 Å².